The molecule has 0 radical (unpaired) electrons. The van der Waals surface area contributed by atoms with Crippen molar-refractivity contribution in [3.8, 4) is 11.5 Å². The maximum Gasteiger partial charge on any atom is 0.242 e. The van der Waals surface area contributed by atoms with Crippen LogP contribution in [0.3, 0.4) is 0 Å². The monoisotopic (exact) mass is 454 g/mol. The van der Waals surface area contributed by atoms with E-state index in [1.165, 1.54) is 26.4 Å². The van der Waals surface area contributed by atoms with Gasteiger partial charge in [0, 0.05) is 11.8 Å². The van der Waals surface area contributed by atoms with Gasteiger partial charge in [0.1, 0.15) is 6.04 Å². The van der Waals surface area contributed by atoms with E-state index in [1.54, 1.807) is 30.3 Å². The zero-order chi connectivity index (χ0) is 23.1. The van der Waals surface area contributed by atoms with E-state index in [4.69, 9.17) is 9.47 Å². The number of ether oxygens (including phenoxy) is 2. The number of hydrogen-bond donors (Lipinski definition) is 2. The topological polar surface area (TPSA) is 93.7 Å². The van der Waals surface area contributed by atoms with Crippen molar-refractivity contribution >= 4 is 21.6 Å². The third-order valence-corrected chi connectivity index (χ3v) is 6.37. The van der Waals surface area contributed by atoms with Crippen LogP contribution < -0.4 is 19.5 Å². The first-order chi connectivity index (χ1) is 15.3. The van der Waals surface area contributed by atoms with Gasteiger partial charge in [0.25, 0.3) is 0 Å². The highest BCUT2D eigenvalue weighted by Crippen LogP contribution is 2.29. The number of carbonyl (C=O) groups is 1. The molecule has 0 saturated carbocycles. The summed E-state index contributed by atoms with van der Waals surface area (Å²) in [4.78, 5) is 13.2. The van der Waals surface area contributed by atoms with Crippen molar-refractivity contribution in [2.24, 2.45) is 0 Å². The molecule has 168 valence electrons. The van der Waals surface area contributed by atoms with Crippen molar-refractivity contribution in [2.75, 3.05) is 19.5 Å². The van der Waals surface area contributed by atoms with Gasteiger partial charge < -0.3 is 14.8 Å². The average molecular weight is 455 g/mol. The van der Waals surface area contributed by atoms with E-state index < -0.39 is 22.0 Å². The SMILES string of the molecule is COc1ccc(NC(=O)[C@H](Cc2ccccc2)NS(=O)(=O)c2ccc(C)cc2)cc1OC. The molecule has 3 rings (SSSR count). The molecule has 3 aromatic rings. The van der Waals surface area contributed by atoms with Crippen LogP contribution in [0.15, 0.2) is 77.7 Å². The van der Waals surface area contributed by atoms with Gasteiger partial charge in [-0.1, -0.05) is 48.0 Å². The number of methoxy groups -OCH3 is 2. The van der Waals surface area contributed by atoms with E-state index in [1.807, 2.05) is 37.3 Å². The van der Waals surface area contributed by atoms with E-state index in [0.29, 0.717) is 17.2 Å². The summed E-state index contributed by atoms with van der Waals surface area (Å²) >= 11 is 0. The molecule has 2 N–H and O–H groups in total. The molecule has 3 aromatic carbocycles. The van der Waals surface area contributed by atoms with Crippen molar-refractivity contribution in [2.45, 2.75) is 24.3 Å². The summed E-state index contributed by atoms with van der Waals surface area (Å²) in [5.74, 6) is 0.480. The van der Waals surface area contributed by atoms with E-state index in [-0.39, 0.29) is 11.3 Å². The minimum Gasteiger partial charge on any atom is -0.493 e. The number of nitrogens with one attached hydrogen (secondary N) is 2. The fourth-order valence-corrected chi connectivity index (χ4v) is 4.35. The summed E-state index contributed by atoms with van der Waals surface area (Å²) < 4.78 is 39.0. The summed E-state index contributed by atoms with van der Waals surface area (Å²) in [6, 6.07) is 19.6. The van der Waals surface area contributed by atoms with Crippen LogP contribution in [-0.4, -0.2) is 34.6 Å². The van der Waals surface area contributed by atoms with Gasteiger partial charge in [0.15, 0.2) is 11.5 Å². The van der Waals surface area contributed by atoms with E-state index >= 15 is 0 Å². The second kappa shape index (κ2) is 10.3. The Labute approximate surface area is 188 Å². The molecule has 0 aliphatic rings. The molecule has 0 saturated heterocycles. The van der Waals surface area contributed by atoms with Gasteiger partial charge in [-0.2, -0.15) is 4.72 Å². The molecule has 32 heavy (non-hydrogen) atoms. The lowest BCUT2D eigenvalue weighted by atomic mass is 10.1. The lowest BCUT2D eigenvalue weighted by Crippen LogP contribution is -2.45. The first-order valence-corrected chi connectivity index (χ1v) is 11.5. The lowest BCUT2D eigenvalue weighted by Gasteiger charge is -2.19. The first kappa shape index (κ1) is 23.3. The highest BCUT2D eigenvalue weighted by Gasteiger charge is 2.26. The van der Waals surface area contributed by atoms with Gasteiger partial charge >= 0.3 is 0 Å². The maximum absolute atomic E-state index is 13.1. The Bertz CT molecular complexity index is 1160. The largest absolute Gasteiger partial charge is 0.493 e. The molecule has 1 atom stereocenters. The summed E-state index contributed by atoms with van der Waals surface area (Å²) in [6.07, 6.45) is 0.186. The molecule has 0 aromatic heterocycles. The zero-order valence-electron chi connectivity index (χ0n) is 18.2. The average Bonchev–Trinajstić information content (AvgIpc) is 2.79. The second-order valence-corrected chi connectivity index (χ2v) is 8.95. The smallest absolute Gasteiger partial charge is 0.242 e. The molecule has 8 heteroatoms. The van der Waals surface area contributed by atoms with Gasteiger partial charge in [0.05, 0.1) is 19.1 Å². The maximum atomic E-state index is 13.1. The Balaban J connectivity index is 1.86. The summed E-state index contributed by atoms with van der Waals surface area (Å²) in [7, 11) is -0.896. The predicted molar refractivity (Wildman–Crippen MR) is 124 cm³/mol. The van der Waals surface area contributed by atoms with Gasteiger partial charge in [-0.3, -0.25) is 4.79 Å². The van der Waals surface area contributed by atoms with Crippen LogP contribution in [0.25, 0.3) is 0 Å². The molecule has 0 unspecified atom stereocenters. The number of anilines is 1. The quantitative estimate of drug-likeness (QED) is 0.516. The Kier molecular flexibility index (Phi) is 7.50. The van der Waals surface area contributed by atoms with Crippen LogP contribution in [0.2, 0.25) is 0 Å². The van der Waals surface area contributed by atoms with Gasteiger partial charge in [0.2, 0.25) is 15.9 Å². The third-order valence-electron chi connectivity index (χ3n) is 4.88. The van der Waals surface area contributed by atoms with Gasteiger partial charge in [-0.25, -0.2) is 8.42 Å². The predicted octanol–water partition coefficient (Wildman–Crippen LogP) is 3.54. The second-order valence-electron chi connectivity index (χ2n) is 7.24. The van der Waals surface area contributed by atoms with Crippen LogP contribution in [0.4, 0.5) is 5.69 Å². The summed E-state index contributed by atoms with van der Waals surface area (Å²) in [5, 5.41) is 2.77. The number of hydrogen-bond acceptors (Lipinski definition) is 5. The molecule has 0 spiro atoms. The Morgan fingerprint density at radius 1 is 0.906 bits per heavy atom. The minimum absolute atomic E-state index is 0.0973. The van der Waals surface area contributed by atoms with Crippen LogP contribution in [-0.2, 0) is 21.2 Å². The van der Waals surface area contributed by atoms with Crippen LogP contribution in [0.5, 0.6) is 11.5 Å². The van der Waals surface area contributed by atoms with Crippen LogP contribution in [0, 0.1) is 6.92 Å². The summed E-state index contributed by atoms with van der Waals surface area (Å²) in [6.45, 7) is 1.87. The van der Waals surface area contributed by atoms with Crippen molar-refractivity contribution in [3.05, 3.63) is 83.9 Å². The van der Waals surface area contributed by atoms with Crippen molar-refractivity contribution in [1.29, 1.82) is 0 Å². The number of amides is 1. The molecule has 0 heterocycles. The molecule has 0 bridgehead atoms. The van der Waals surface area contributed by atoms with Crippen LogP contribution in [0.1, 0.15) is 11.1 Å². The molecular formula is C24H26N2O5S. The van der Waals surface area contributed by atoms with Crippen molar-refractivity contribution in [3.63, 3.8) is 0 Å². The number of rotatable bonds is 9. The van der Waals surface area contributed by atoms with E-state index in [0.717, 1.165) is 11.1 Å². The number of sulfonamides is 1. The fourth-order valence-electron chi connectivity index (χ4n) is 3.15. The molecule has 7 nitrogen and oxygen atoms in total. The Morgan fingerprint density at radius 3 is 2.19 bits per heavy atom. The molecule has 1 amide bonds. The number of aryl methyl sites for hydroxylation is 1. The van der Waals surface area contributed by atoms with Gasteiger partial charge in [-0.05, 0) is 43.2 Å². The number of carbonyl (C=O) groups excluding carboxylic acids is 1. The molecule has 0 aliphatic heterocycles. The van der Waals surface area contributed by atoms with Crippen molar-refractivity contribution in [1.82, 2.24) is 4.72 Å². The Morgan fingerprint density at radius 2 is 1.56 bits per heavy atom. The summed E-state index contributed by atoms with van der Waals surface area (Å²) in [5.41, 5.74) is 2.22. The standard InChI is InChI=1S/C24H26N2O5S/c1-17-9-12-20(13-10-17)32(28,29)26-21(15-18-7-5-4-6-8-18)24(27)25-19-11-14-22(30-2)23(16-19)31-3/h4-14,16,21,26H,15H2,1-3H3,(H,25,27)/t21-/m0/s1. The zero-order valence-corrected chi connectivity index (χ0v) is 19.0. The normalized spacial score (nSPS) is 12.1. The van der Waals surface area contributed by atoms with Crippen LogP contribution >= 0.6 is 0 Å². The number of benzene rings is 3. The van der Waals surface area contributed by atoms with E-state index in [2.05, 4.69) is 10.0 Å². The molecule has 0 aliphatic carbocycles. The highest BCUT2D eigenvalue weighted by molar-refractivity contribution is 7.89. The molecule has 0 fully saturated rings. The minimum atomic E-state index is -3.91. The fraction of sp³-hybridized carbons (Fsp3) is 0.208. The highest BCUT2D eigenvalue weighted by atomic mass is 32.2. The van der Waals surface area contributed by atoms with E-state index in [9.17, 15) is 13.2 Å². The third kappa shape index (κ3) is 5.87. The molecular weight excluding hydrogens is 428 g/mol. The van der Waals surface area contributed by atoms with Crippen molar-refractivity contribution < 1.29 is 22.7 Å². The van der Waals surface area contributed by atoms with Gasteiger partial charge in [-0.15, -0.1) is 0 Å². The Hall–Kier alpha value is -3.36. The first-order valence-electron chi connectivity index (χ1n) is 9.98. The lowest BCUT2D eigenvalue weighted by molar-refractivity contribution is -0.117.